The first-order valence-electron chi connectivity index (χ1n) is 6.19. The van der Waals surface area contributed by atoms with Gasteiger partial charge in [0.1, 0.15) is 5.69 Å². The molecule has 22 heavy (non-hydrogen) atoms. The number of nitrogens with zero attached hydrogens (tertiary/aromatic N) is 5. The van der Waals surface area contributed by atoms with E-state index in [2.05, 4.69) is 25.4 Å². The van der Waals surface area contributed by atoms with E-state index in [-0.39, 0.29) is 35.6 Å². The summed E-state index contributed by atoms with van der Waals surface area (Å²) in [5.41, 5.74) is -0.196. The summed E-state index contributed by atoms with van der Waals surface area (Å²) in [6.07, 6.45) is 0. The number of carbonyl (C=O) groups excluding carboxylic acids is 1. The van der Waals surface area contributed by atoms with Crippen molar-refractivity contribution in [1.29, 1.82) is 0 Å². The first-order chi connectivity index (χ1) is 10.5. The minimum Gasteiger partial charge on any atom is -0.467 e. The van der Waals surface area contributed by atoms with Crippen LogP contribution in [0.4, 0.5) is 0 Å². The molecule has 2 aromatic heterocycles. The highest BCUT2D eigenvalue weighted by Crippen LogP contribution is 2.08. The monoisotopic (exact) mass is 306 g/mol. The van der Waals surface area contributed by atoms with Crippen molar-refractivity contribution in [3.05, 3.63) is 34.0 Å². The van der Waals surface area contributed by atoms with E-state index >= 15 is 0 Å². The zero-order chi connectivity index (χ0) is 16.1. The molecule has 0 aliphatic carbocycles. The minimum absolute atomic E-state index is 0.0264. The molecular weight excluding hydrogens is 292 g/mol. The Bertz CT molecular complexity index is 722. The Balaban J connectivity index is 2.10. The SMILES string of the molecule is COc1nc(CNC(=O)c2ccc(=O)n(C)n2)nc(OC)n1. The van der Waals surface area contributed by atoms with Gasteiger partial charge in [-0.1, -0.05) is 0 Å². The molecule has 0 aliphatic heterocycles. The Morgan fingerprint density at radius 2 is 1.82 bits per heavy atom. The van der Waals surface area contributed by atoms with Gasteiger partial charge in [-0.15, -0.1) is 4.98 Å². The van der Waals surface area contributed by atoms with Crippen LogP contribution in [0.25, 0.3) is 0 Å². The van der Waals surface area contributed by atoms with Crippen LogP contribution in [-0.2, 0) is 13.6 Å². The van der Waals surface area contributed by atoms with E-state index in [4.69, 9.17) is 9.47 Å². The van der Waals surface area contributed by atoms with Gasteiger partial charge in [0.25, 0.3) is 11.5 Å². The molecule has 10 heteroatoms. The van der Waals surface area contributed by atoms with Gasteiger partial charge >= 0.3 is 12.0 Å². The molecular formula is C12H14N6O4. The molecule has 0 atom stereocenters. The van der Waals surface area contributed by atoms with Crippen molar-refractivity contribution < 1.29 is 14.3 Å². The second-order valence-corrected chi connectivity index (χ2v) is 4.09. The number of rotatable bonds is 5. The van der Waals surface area contributed by atoms with E-state index in [1.807, 2.05) is 0 Å². The van der Waals surface area contributed by atoms with Crippen LogP contribution in [0.2, 0.25) is 0 Å². The summed E-state index contributed by atoms with van der Waals surface area (Å²) in [5.74, 6) is -0.198. The number of aryl methyl sites for hydroxylation is 1. The van der Waals surface area contributed by atoms with Crippen LogP contribution in [-0.4, -0.2) is 44.9 Å². The Kier molecular flexibility index (Phi) is 4.61. The number of amides is 1. The van der Waals surface area contributed by atoms with Crippen LogP contribution >= 0.6 is 0 Å². The zero-order valence-electron chi connectivity index (χ0n) is 12.2. The zero-order valence-corrected chi connectivity index (χ0v) is 12.2. The summed E-state index contributed by atoms with van der Waals surface area (Å²) in [7, 11) is 4.28. The summed E-state index contributed by atoms with van der Waals surface area (Å²) >= 11 is 0. The van der Waals surface area contributed by atoms with Crippen LogP contribution in [0.1, 0.15) is 16.3 Å². The molecule has 0 aromatic carbocycles. The van der Waals surface area contributed by atoms with Crippen molar-refractivity contribution in [2.45, 2.75) is 6.54 Å². The number of hydrogen-bond donors (Lipinski definition) is 1. The number of carbonyl (C=O) groups is 1. The van der Waals surface area contributed by atoms with Crippen molar-refractivity contribution >= 4 is 5.91 Å². The average Bonchev–Trinajstić information content (AvgIpc) is 2.54. The van der Waals surface area contributed by atoms with E-state index in [0.29, 0.717) is 0 Å². The molecule has 0 saturated heterocycles. The number of ether oxygens (including phenoxy) is 2. The summed E-state index contributed by atoms with van der Waals surface area (Å²) in [6.45, 7) is 0.0264. The van der Waals surface area contributed by atoms with Gasteiger partial charge < -0.3 is 14.8 Å². The van der Waals surface area contributed by atoms with E-state index in [1.165, 1.54) is 33.4 Å². The Morgan fingerprint density at radius 1 is 1.18 bits per heavy atom. The molecule has 0 fully saturated rings. The summed E-state index contributed by atoms with van der Waals surface area (Å²) in [4.78, 5) is 35.0. The van der Waals surface area contributed by atoms with Gasteiger partial charge in [-0.25, -0.2) is 4.68 Å². The normalized spacial score (nSPS) is 10.1. The summed E-state index contributed by atoms with van der Waals surface area (Å²) in [5, 5.41) is 6.43. The fourth-order valence-electron chi connectivity index (χ4n) is 1.51. The van der Waals surface area contributed by atoms with Gasteiger partial charge in [-0.05, 0) is 6.07 Å². The molecule has 0 radical (unpaired) electrons. The second-order valence-electron chi connectivity index (χ2n) is 4.09. The van der Waals surface area contributed by atoms with Gasteiger partial charge in [-0.3, -0.25) is 9.59 Å². The summed E-state index contributed by atoms with van der Waals surface area (Å²) in [6, 6.07) is 2.76. The highest BCUT2D eigenvalue weighted by molar-refractivity contribution is 5.91. The molecule has 1 N–H and O–H groups in total. The van der Waals surface area contributed by atoms with E-state index in [1.54, 1.807) is 0 Å². The van der Waals surface area contributed by atoms with Crippen LogP contribution in [0.15, 0.2) is 16.9 Å². The predicted molar refractivity (Wildman–Crippen MR) is 73.6 cm³/mol. The first-order valence-corrected chi connectivity index (χ1v) is 6.19. The third-order valence-corrected chi connectivity index (χ3v) is 2.61. The third-order valence-electron chi connectivity index (χ3n) is 2.61. The van der Waals surface area contributed by atoms with Crippen molar-refractivity contribution in [2.24, 2.45) is 7.05 Å². The predicted octanol–water partition coefficient (Wildman–Crippen LogP) is -1.09. The maximum Gasteiger partial charge on any atom is 0.322 e. The summed E-state index contributed by atoms with van der Waals surface area (Å²) < 4.78 is 10.9. The molecule has 0 spiro atoms. The van der Waals surface area contributed by atoms with Gasteiger partial charge in [0, 0.05) is 13.1 Å². The van der Waals surface area contributed by atoms with Gasteiger partial charge in [-0.2, -0.15) is 15.1 Å². The van der Waals surface area contributed by atoms with Crippen molar-refractivity contribution in [3.63, 3.8) is 0 Å². The highest BCUT2D eigenvalue weighted by atomic mass is 16.5. The molecule has 0 unspecified atom stereocenters. The lowest BCUT2D eigenvalue weighted by atomic mass is 10.3. The standard InChI is InChI=1S/C12H14N6O4/c1-18-9(19)5-4-7(17-18)10(20)13-6-8-14-11(21-2)16-12(15-8)22-3/h4-5H,6H2,1-3H3,(H,13,20). The smallest absolute Gasteiger partial charge is 0.322 e. The topological polar surface area (TPSA) is 121 Å². The van der Waals surface area contributed by atoms with E-state index in [0.717, 1.165) is 4.68 Å². The maximum absolute atomic E-state index is 12.0. The highest BCUT2D eigenvalue weighted by Gasteiger charge is 2.11. The fourth-order valence-corrected chi connectivity index (χ4v) is 1.51. The molecule has 2 aromatic rings. The van der Waals surface area contributed by atoms with Crippen LogP contribution < -0.4 is 20.3 Å². The molecule has 0 saturated carbocycles. The van der Waals surface area contributed by atoms with E-state index < -0.39 is 5.91 Å². The van der Waals surface area contributed by atoms with E-state index in [9.17, 15) is 9.59 Å². The van der Waals surface area contributed by atoms with Crippen LogP contribution in [0, 0.1) is 0 Å². The number of aromatic nitrogens is 5. The third kappa shape index (κ3) is 3.53. The molecule has 2 heterocycles. The maximum atomic E-state index is 12.0. The van der Waals surface area contributed by atoms with Gasteiger partial charge in [0.05, 0.1) is 20.8 Å². The lowest BCUT2D eigenvalue weighted by molar-refractivity contribution is 0.0942. The first kappa shape index (κ1) is 15.4. The number of hydrogen-bond acceptors (Lipinski definition) is 8. The van der Waals surface area contributed by atoms with Crippen LogP contribution in [0.3, 0.4) is 0 Å². The van der Waals surface area contributed by atoms with Crippen molar-refractivity contribution in [1.82, 2.24) is 30.0 Å². The fraction of sp³-hybridized carbons (Fsp3) is 0.333. The number of methoxy groups -OCH3 is 2. The Labute approximate surface area is 125 Å². The van der Waals surface area contributed by atoms with Gasteiger partial charge in [0.2, 0.25) is 0 Å². The number of nitrogens with one attached hydrogen (secondary N) is 1. The average molecular weight is 306 g/mol. The molecule has 2 rings (SSSR count). The minimum atomic E-state index is -0.464. The largest absolute Gasteiger partial charge is 0.467 e. The lowest BCUT2D eigenvalue weighted by Gasteiger charge is -2.06. The Hall–Kier alpha value is -3.04. The van der Waals surface area contributed by atoms with Crippen molar-refractivity contribution in [2.75, 3.05) is 14.2 Å². The quantitative estimate of drug-likeness (QED) is 0.740. The molecule has 0 aliphatic rings. The molecule has 0 bridgehead atoms. The second kappa shape index (κ2) is 6.61. The lowest BCUT2D eigenvalue weighted by Crippen LogP contribution is -2.28. The molecule has 10 nitrogen and oxygen atoms in total. The Morgan fingerprint density at radius 3 is 2.36 bits per heavy atom. The van der Waals surface area contributed by atoms with Crippen molar-refractivity contribution in [3.8, 4) is 12.0 Å². The van der Waals surface area contributed by atoms with Crippen LogP contribution in [0.5, 0.6) is 12.0 Å². The molecule has 116 valence electrons. The van der Waals surface area contributed by atoms with Gasteiger partial charge in [0.15, 0.2) is 5.82 Å². The molecule has 1 amide bonds.